The Morgan fingerprint density at radius 3 is 2.57 bits per heavy atom. The van der Waals surface area contributed by atoms with E-state index in [1.165, 1.54) is 15.1 Å². The molecule has 0 aliphatic rings. The minimum atomic E-state index is 0.587. The van der Waals surface area contributed by atoms with Crippen LogP contribution in [0.1, 0.15) is 5.82 Å². The highest BCUT2D eigenvalue weighted by molar-refractivity contribution is 14.1. The van der Waals surface area contributed by atoms with Crippen LogP contribution in [0, 0.1) is 10.5 Å². The molecule has 1 heterocycles. The van der Waals surface area contributed by atoms with Crippen molar-refractivity contribution in [3.63, 3.8) is 0 Å². The van der Waals surface area contributed by atoms with Crippen LogP contribution in [0.3, 0.4) is 0 Å². The summed E-state index contributed by atoms with van der Waals surface area (Å²) in [6, 6.07) is 7.81. The quantitative estimate of drug-likeness (QED) is 0.798. The fraction of sp³-hybridized carbons (Fsp3) is 0.111. The summed E-state index contributed by atoms with van der Waals surface area (Å²) in [4.78, 5) is 4.11. The Morgan fingerprint density at radius 1 is 1.29 bits per heavy atom. The number of benzene rings is 1. The predicted octanol–water partition coefficient (Wildman–Crippen LogP) is 3.24. The third-order valence-corrected chi connectivity index (χ3v) is 2.93. The van der Waals surface area contributed by atoms with Crippen molar-refractivity contribution in [1.82, 2.24) is 9.36 Å². The third kappa shape index (κ3) is 2.42. The minimum Gasteiger partial charge on any atom is -0.430 e. The zero-order valence-corrected chi connectivity index (χ0v) is 10.4. The summed E-state index contributed by atoms with van der Waals surface area (Å²) in [6.07, 6.45) is 0. The maximum absolute atomic E-state index is 5.50. The van der Waals surface area contributed by atoms with Gasteiger partial charge in [0.2, 0.25) is 0 Å². The molecule has 0 bridgehead atoms. The molecule has 5 heteroatoms. The van der Waals surface area contributed by atoms with Gasteiger partial charge in [-0.05, 0) is 53.8 Å². The summed E-state index contributed by atoms with van der Waals surface area (Å²) in [5.41, 5.74) is 0. The molecule has 0 radical (unpaired) electrons. The topological polar surface area (TPSA) is 35.0 Å². The molecule has 0 saturated carbocycles. The van der Waals surface area contributed by atoms with E-state index in [9.17, 15) is 0 Å². The summed E-state index contributed by atoms with van der Waals surface area (Å²) in [5, 5.41) is 0.587. The normalized spacial score (nSPS) is 10.1. The van der Waals surface area contributed by atoms with Crippen molar-refractivity contribution in [3.05, 3.63) is 33.7 Å². The van der Waals surface area contributed by atoms with Gasteiger partial charge < -0.3 is 4.74 Å². The Balaban J connectivity index is 2.15. The van der Waals surface area contributed by atoms with Gasteiger partial charge >= 0.3 is 0 Å². The van der Waals surface area contributed by atoms with Crippen LogP contribution >= 0.6 is 34.1 Å². The molecule has 0 spiro atoms. The number of nitrogens with zero attached hydrogens (tertiary/aromatic N) is 2. The van der Waals surface area contributed by atoms with E-state index in [1.54, 1.807) is 0 Å². The fourth-order valence-electron chi connectivity index (χ4n) is 0.923. The summed E-state index contributed by atoms with van der Waals surface area (Å²) < 4.78 is 10.7. The van der Waals surface area contributed by atoms with E-state index in [-0.39, 0.29) is 0 Å². The molecule has 0 atom stereocenters. The molecule has 1 aromatic heterocycles. The van der Waals surface area contributed by atoms with Crippen LogP contribution < -0.4 is 4.74 Å². The van der Waals surface area contributed by atoms with E-state index in [1.807, 2.05) is 31.2 Å². The Kier molecular flexibility index (Phi) is 2.97. The van der Waals surface area contributed by atoms with Crippen LogP contribution in [0.4, 0.5) is 0 Å². The lowest BCUT2D eigenvalue weighted by Gasteiger charge is -1.99. The molecule has 72 valence electrons. The third-order valence-electron chi connectivity index (χ3n) is 1.53. The van der Waals surface area contributed by atoms with Gasteiger partial charge in [0.05, 0.1) is 0 Å². The molecule has 0 saturated heterocycles. The molecular weight excluding hydrogens is 311 g/mol. The molecule has 1 aromatic carbocycles. The molecule has 2 rings (SSSR count). The number of halogens is 1. The van der Waals surface area contributed by atoms with Crippen LogP contribution in [0.15, 0.2) is 24.3 Å². The maximum Gasteiger partial charge on any atom is 0.298 e. The molecule has 0 fully saturated rings. The highest BCUT2D eigenvalue weighted by atomic mass is 127. The number of rotatable bonds is 2. The summed E-state index contributed by atoms with van der Waals surface area (Å²) in [5.74, 6) is 1.54. The van der Waals surface area contributed by atoms with Crippen molar-refractivity contribution in [2.24, 2.45) is 0 Å². The first-order valence-electron chi connectivity index (χ1n) is 3.98. The second-order valence-electron chi connectivity index (χ2n) is 2.66. The summed E-state index contributed by atoms with van der Waals surface area (Å²) in [6.45, 7) is 1.84. The van der Waals surface area contributed by atoms with E-state index in [0.29, 0.717) is 5.19 Å². The lowest BCUT2D eigenvalue weighted by Crippen LogP contribution is -1.83. The maximum atomic E-state index is 5.50. The van der Waals surface area contributed by atoms with Crippen molar-refractivity contribution < 1.29 is 4.74 Å². The monoisotopic (exact) mass is 318 g/mol. The van der Waals surface area contributed by atoms with Crippen molar-refractivity contribution in [2.75, 3.05) is 0 Å². The van der Waals surface area contributed by atoms with Gasteiger partial charge in [-0.3, -0.25) is 0 Å². The van der Waals surface area contributed by atoms with Gasteiger partial charge in [-0.2, -0.15) is 9.36 Å². The van der Waals surface area contributed by atoms with E-state index in [0.717, 1.165) is 11.6 Å². The largest absolute Gasteiger partial charge is 0.430 e. The van der Waals surface area contributed by atoms with Crippen molar-refractivity contribution in [3.8, 4) is 10.9 Å². The van der Waals surface area contributed by atoms with Gasteiger partial charge in [-0.25, -0.2) is 0 Å². The van der Waals surface area contributed by atoms with Crippen LogP contribution in [0.25, 0.3) is 0 Å². The number of hydrogen-bond donors (Lipinski definition) is 0. The van der Waals surface area contributed by atoms with Crippen LogP contribution in [-0.2, 0) is 0 Å². The number of aryl methyl sites for hydroxylation is 1. The van der Waals surface area contributed by atoms with Crippen LogP contribution in [0.5, 0.6) is 10.9 Å². The van der Waals surface area contributed by atoms with Gasteiger partial charge in [-0.15, -0.1) is 0 Å². The Hall–Kier alpha value is -0.690. The molecule has 14 heavy (non-hydrogen) atoms. The lowest BCUT2D eigenvalue weighted by atomic mass is 10.3. The van der Waals surface area contributed by atoms with E-state index < -0.39 is 0 Å². The van der Waals surface area contributed by atoms with Gasteiger partial charge in [-0.1, -0.05) is 0 Å². The SMILES string of the molecule is Cc1nsc(Oc2ccc(I)cc2)n1. The van der Waals surface area contributed by atoms with Crippen molar-refractivity contribution in [1.29, 1.82) is 0 Å². The minimum absolute atomic E-state index is 0.587. The second-order valence-corrected chi connectivity index (χ2v) is 4.62. The molecule has 0 unspecified atom stereocenters. The molecule has 0 N–H and O–H groups in total. The highest BCUT2D eigenvalue weighted by Gasteiger charge is 2.02. The van der Waals surface area contributed by atoms with Gasteiger partial charge in [0.15, 0.2) is 0 Å². The zero-order valence-electron chi connectivity index (χ0n) is 7.40. The van der Waals surface area contributed by atoms with Crippen molar-refractivity contribution >= 4 is 34.1 Å². The summed E-state index contributed by atoms with van der Waals surface area (Å²) >= 11 is 3.51. The second kappa shape index (κ2) is 4.22. The lowest BCUT2D eigenvalue weighted by molar-refractivity contribution is 0.478. The van der Waals surface area contributed by atoms with E-state index in [4.69, 9.17) is 4.74 Å². The number of aromatic nitrogens is 2. The molecular formula is C9H7IN2OS. The smallest absolute Gasteiger partial charge is 0.298 e. The first-order chi connectivity index (χ1) is 6.74. The van der Waals surface area contributed by atoms with Crippen molar-refractivity contribution in [2.45, 2.75) is 6.92 Å². The molecule has 0 amide bonds. The van der Waals surface area contributed by atoms with E-state index >= 15 is 0 Å². The first kappa shape index (κ1) is 9.85. The zero-order chi connectivity index (χ0) is 9.97. The molecule has 0 aliphatic carbocycles. The fourth-order valence-corrected chi connectivity index (χ4v) is 1.84. The molecule has 0 aliphatic heterocycles. The highest BCUT2D eigenvalue weighted by Crippen LogP contribution is 2.23. The molecule has 3 nitrogen and oxygen atoms in total. The van der Waals surface area contributed by atoms with Gasteiger partial charge in [0, 0.05) is 15.1 Å². The summed E-state index contributed by atoms with van der Waals surface area (Å²) in [7, 11) is 0. The van der Waals surface area contributed by atoms with Crippen LogP contribution in [0.2, 0.25) is 0 Å². The van der Waals surface area contributed by atoms with Crippen LogP contribution in [-0.4, -0.2) is 9.36 Å². The average molecular weight is 318 g/mol. The average Bonchev–Trinajstić information content (AvgIpc) is 2.56. The first-order valence-corrected chi connectivity index (χ1v) is 5.83. The number of ether oxygens (including phenoxy) is 1. The molecule has 2 aromatic rings. The van der Waals surface area contributed by atoms with Gasteiger partial charge in [0.1, 0.15) is 11.6 Å². The van der Waals surface area contributed by atoms with Gasteiger partial charge in [0.25, 0.3) is 5.19 Å². The van der Waals surface area contributed by atoms with E-state index in [2.05, 4.69) is 31.9 Å². The number of hydrogen-bond acceptors (Lipinski definition) is 4. The Bertz CT molecular complexity index is 427. The predicted molar refractivity (Wildman–Crippen MR) is 63.9 cm³/mol. The standard InChI is InChI=1S/C9H7IN2OS/c1-6-11-9(14-12-6)13-8-4-2-7(10)3-5-8/h2-5H,1H3. The Morgan fingerprint density at radius 2 is 2.00 bits per heavy atom. The Labute approximate surface area is 99.4 Å².